The standard InChI is InChI=1S/C11H12BrCl2NO/c1-7(13)4-5-15-11(16)8-2-3-10(14)9(12)6-8/h2-3,6-7H,4-5H2,1H3,(H,15,16). The summed E-state index contributed by atoms with van der Waals surface area (Å²) in [5.41, 5.74) is 0.582. The fourth-order valence-electron chi connectivity index (χ4n) is 1.12. The molecule has 2 nitrogen and oxygen atoms in total. The molecule has 0 aliphatic rings. The van der Waals surface area contributed by atoms with Crippen LogP contribution in [0.25, 0.3) is 0 Å². The van der Waals surface area contributed by atoms with E-state index in [-0.39, 0.29) is 11.3 Å². The van der Waals surface area contributed by atoms with E-state index in [2.05, 4.69) is 21.2 Å². The smallest absolute Gasteiger partial charge is 0.251 e. The quantitative estimate of drug-likeness (QED) is 0.837. The molecule has 1 aromatic rings. The molecule has 16 heavy (non-hydrogen) atoms. The van der Waals surface area contributed by atoms with Crippen molar-refractivity contribution in [2.45, 2.75) is 18.7 Å². The van der Waals surface area contributed by atoms with E-state index in [4.69, 9.17) is 23.2 Å². The number of halogens is 3. The molecular formula is C11H12BrCl2NO. The Labute approximate surface area is 113 Å². The van der Waals surface area contributed by atoms with Gasteiger partial charge in [-0.2, -0.15) is 0 Å². The summed E-state index contributed by atoms with van der Waals surface area (Å²) in [4.78, 5) is 11.7. The van der Waals surface area contributed by atoms with Gasteiger partial charge in [0, 0.05) is 22.0 Å². The normalized spacial score (nSPS) is 12.2. The molecule has 1 atom stereocenters. The molecule has 0 fully saturated rings. The summed E-state index contributed by atoms with van der Waals surface area (Å²) >= 11 is 14.9. The number of carbonyl (C=O) groups is 1. The Morgan fingerprint density at radius 3 is 2.81 bits per heavy atom. The van der Waals surface area contributed by atoms with Crippen LogP contribution in [0.15, 0.2) is 22.7 Å². The zero-order chi connectivity index (χ0) is 12.1. The van der Waals surface area contributed by atoms with Crippen LogP contribution in [-0.2, 0) is 0 Å². The number of carbonyl (C=O) groups excluding carboxylic acids is 1. The number of hydrogen-bond donors (Lipinski definition) is 1. The van der Waals surface area contributed by atoms with Crippen LogP contribution in [0.5, 0.6) is 0 Å². The van der Waals surface area contributed by atoms with Crippen molar-refractivity contribution in [1.29, 1.82) is 0 Å². The maximum absolute atomic E-state index is 11.7. The number of alkyl halides is 1. The molecule has 0 bridgehead atoms. The first-order chi connectivity index (χ1) is 7.50. The van der Waals surface area contributed by atoms with Gasteiger partial charge in [0.05, 0.1) is 5.02 Å². The van der Waals surface area contributed by atoms with Gasteiger partial charge in [-0.15, -0.1) is 11.6 Å². The topological polar surface area (TPSA) is 29.1 Å². The van der Waals surface area contributed by atoms with E-state index >= 15 is 0 Å². The first kappa shape index (κ1) is 13.8. The first-order valence-corrected chi connectivity index (χ1v) is 6.48. The largest absolute Gasteiger partial charge is 0.352 e. The van der Waals surface area contributed by atoms with Gasteiger partial charge < -0.3 is 5.32 Å². The summed E-state index contributed by atoms with van der Waals surface area (Å²) < 4.78 is 0.715. The molecule has 0 aromatic heterocycles. The predicted molar refractivity (Wildman–Crippen MR) is 71.4 cm³/mol. The van der Waals surface area contributed by atoms with Crippen LogP contribution in [0.4, 0.5) is 0 Å². The lowest BCUT2D eigenvalue weighted by Crippen LogP contribution is -2.25. The summed E-state index contributed by atoms with van der Waals surface area (Å²) in [5, 5.41) is 3.45. The third-order valence-corrected chi connectivity index (χ3v) is 3.44. The number of nitrogens with one attached hydrogen (secondary N) is 1. The fourth-order valence-corrected chi connectivity index (χ4v) is 1.73. The molecule has 1 amide bonds. The highest BCUT2D eigenvalue weighted by Crippen LogP contribution is 2.23. The predicted octanol–water partition coefficient (Wildman–Crippen LogP) is 3.85. The molecule has 5 heteroatoms. The van der Waals surface area contributed by atoms with E-state index in [1.807, 2.05) is 6.92 Å². The molecule has 0 heterocycles. The molecule has 0 aliphatic heterocycles. The van der Waals surface area contributed by atoms with E-state index in [1.165, 1.54) is 0 Å². The Morgan fingerprint density at radius 2 is 2.25 bits per heavy atom. The molecule has 0 saturated carbocycles. The van der Waals surface area contributed by atoms with Crippen LogP contribution in [0.1, 0.15) is 23.7 Å². The molecule has 1 rings (SSSR count). The van der Waals surface area contributed by atoms with Crippen molar-refractivity contribution in [3.8, 4) is 0 Å². The summed E-state index contributed by atoms with van der Waals surface area (Å²) in [6.07, 6.45) is 0.752. The minimum Gasteiger partial charge on any atom is -0.352 e. The molecule has 1 N–H and O–H groups in total. The Kier molecular flexibility index (Phi) is 5.59. The van der Waals surface area contributed by atoms with Crippen molar-refractivity contribution in [2.24, 2.45) is 0 Å². The van der Waals surface area contributed by atoms with Gasteiger partial charge in [-0.05, 0) is 47.5 Å². The van der Waals surface area contributed by atoms with Crippen molar-refractivity contribution >= 4 is 45.0 Å². The third-order valence-electron chi connectivity index (χ3n) is 2.01. The van der Waals surface area contributed by atoms with Crippen LogP contribution < -0.4 is 5.32 Å². The summed E-state index contributed by atoms with van der Waals surface area (Å²) in [6, 6.07) is 5.07. The monoisotopic (exact) mass is 323 g/mol. The number of rotatable bonds is 4. The lowest BCUT2D eigenvalue weighted by atomic mass is 10.2. The molecule has 0 aliphatic carbocycles. The summed E-state index contributed by atoms with van der Waals surface area (Å²) in [5.74, 6) is -0.116. The van der Waals surface area contributed by atoms with Crippen molar-refractivity contribution in [1.82, 2.24) is 5.32 Å². The van der Waals surface area contributed by atoms with Crippen LogP contribution in [0, 0.1) is 0 Å². The highest BCUT2D eigenvalue weighted by molar-refractivity contribution is 9.10. The van der Waals surface area contributed by atoms with Crippen LogP contribution >= 0.6 is 39.1 Å². The van der Waals surface area contributed by atoms with Gasteiger partial charge in [-0.3, -0.25) is 4.79 Å². The second kappa shape index (κ2) is 6.48. The highest BCUT2D eigenvalue weighted by Gasteiger charge is 2.07. The third kappa shape index (κ3) is 4.32. The molecule has 0 saturated heterocycles. The van der Waals surface area contributed by atoms with Crippen molar-refractivity contribution in [3.05, 3.63) is 33.3 Å². The van der Waals surface area contributed by atoms with Crippen LogP contribution in [-0.4, -0.2) is 17.8 Å². The molecule has 1 aromatic carbocycles. The lowest BCUT2D eigenvalue weighted by Gasteiger charge is -2.07. The van der Waals surface area contributed by atoms with Gasteiger partial charge in [0.25, 0.3) is 5.91 Å². The van der Waals surface area contributed by atoms with Crippen molar-refractivity contribution < 1.29 is 4.79 Å². The molecule has 0 radical (unpaired) electrons. The van der Waals surface area contributed by atoms with E-state index < -0.39 is 0 Å². The van der Waals surface area contributed by atoms with Gasteiger partial charge in [0.2, 0.25) is 0 Å². The summed E-state index contributed by atoms with van der Waals surface area (Å²) in [6.45, 7) is 2.47. The molecule has 0 spiro atoms. The van der Waals surface area contributed by atoms with E-state index in [0.717, 1.165) is 6.42 Å². The molecular weight excluding hydrogens is 313 g/mol. The number of hydrogen-bond acceptors (Lipinski definition) is 1. The van der Waals surface area contributed by atoms with E-state index in [9.17, 15) is 4.79 Å². The average Bonchev–Trinajstić information content (AvgIpc) is 2.21. The number of benzene rings is 1. The fraction of sp³-hybridized carbons (Fsp3) is 0.364. The lowest BCUT2D eigenvalue weighted by molar-refractivity contribution is 0.0953. The second-order valence-corrected chi connectivity index (χ2v) is 5.46. The second-order valence-electron chi connectivity index (χ2n) is 3.45. The molecule has 88 valence electrons. The Balaban J connectivity index is 2.56. The van der Waals surface area contributed by atoms with Gasteiger partial charge in [0.1, 0.15) is 0 Å². The number of amides is 1. The SMILES string of the molecule is CC(Cl)CCNC(=O)c1ccc(Cl)c(Br)c1. The van der Waals surface area contributed by atoms with E-state index in [1.54, 1.807) is 18.2 Å². The highest BCUT2D eigenvalue weighted by atomic mass is 79.9. The van der Waals surface area contributed by atoms with Gasteiger partial charge >= 0.3 is 0 Å². The van der Waals surface area contributed by atoms with Crippen molar-refractivity contribution in [2.75, 3.05) is 6.54 Å². The maximum atomic E-state index is 11.7. The average molecular weight is 325 g/mol. The van der Waals surface area contributed by atoms with Crippen LogP contribution in [0.3, 0.4) is 0 Å². The zero-order valence-corrected chi connectivity index (χ0v) is 11.9. The summed E-state index contributed by atoms with van der Waals surface area (Å²) in [7, 11) is 0. The minimum absolute atomic E-state index is 0.0669. The van der Waals surface area contributed by atoms with E-state index in [0.29, 0.717) is 21.6 Å². The zero-order valence-electron chi connectivity index (χ0n) is 8.77. The Hall–Kier alpha value is -0.250. The Morgan fingerprint density at radius 1 is 1.56 bits per heavy atom. The minimum atomic E-state index is -0.116. The first-order valence-electron chi connectivity index (χ1n) is 4.88. The molecule has 1 unspecified atom stereocenters. The Bertz CT molecular complexity index is 382. The van der Waals surface area contributed by atoms with Gasteiger partial charge in [-0.25, -0.2) is 0 Å². The van der Waals surface area contributed by atoms with Crippen LogP contribution in [0.2, 0.25) is 5.02 Å². The van der Waals surface area contributed by atoms with Crippen molar-refractivity contribution in [3.63, 3.8) is 0 Å². The maximum Gasteiger partial charge on any atom is 0.251 e. The van der Waals surface area contributed by atoms with Gasteiger partial charge in [0.15, 0.2) is 0 Å². The van der Waals surface area contributed by atoms with Gasteiger partial charge in [-0.1, -0.05) is 11.6 Å².